The molecule has 0 aromatic heterocycles. The normalized spacial score (nSPS) is 20.5. The van der Waals surface area contributed by atoms with Gasteiger partial charge in [-0.05, 0) is 30.0 Å². The highest BCUT2D eigenvalue weighted by atomic mass is 16.5. The van der Waals surface area contributed by atoms with Gasteiger partial charge in [-0.3, -0.25) is 4.79 Å². The predicted octanol–water partition coefficient (Wildman–Crippen LogP) is 2.69. The molecule has 1 fully saturated rings. The largest absolute Gasteiger partial charge is 0.495 e. The zero-order valence-electron chi connectivity index (χ0n) is 14.8. The minimum absolute atomic E-state index is 0.251. The van der Waals surface area contributed by atoms with Gasteiger partial charge >= 0.3 is 0 Å². The third kappa shape index (κ3) is 4.27. The molecule has 1 aliphatic rings. The molecule has 1 aromatic carbocycles. The fourth-order valence-electron chi connectivity index (χ4n) is 3.37. The molecule has 1 amide bonds. The molecule has 24 heavy (non-hydrogen) atoms. The Morgan fingerprint density at radius 2 is 2.25 bits per heavy atom. The summed E-state index contributed by atoms with van der Waals surface area (Å²) in [5, 5.41) is 12.8. The van der Waals surface area contributed by atoms with E-state index in [1.165, 1.54) is 0 Å². The predicted molar refractivity (Wildman–Crippen MR) is 93.6 cm³/mol. The molecule has 2 unspecified atom stereocenters. The maximum Gasteiger partial charge on any atom is 0.222 e. The van der Waals surface area contributed by atoms with Crippen molar-refractivity contribution in [1.82, 2.24) is 10.2 Å². The van der Waals surface area contributed by atoms with Gasteiger partial charge in [-0.2, -0.15) is 5.26 Å². The fraction of sp³-hybridized carbons (Fsp3) is 0.579. The lowest BCUT2D eigenvalue weighted by molar-refractivity contribution is -0.133. The van der Waals surface area contributed by atoms with Crippen molar-refractivity contribution in [3.05, 3.63) is 29.3 Å². The van der Waals surface area contributed by atoms with Gasteiger partial charge in [0.05, 0.1) is 12.7 Å². The Balaban J connectivity index is 1.96. The summed E-state index contributed by atoms with van der Waals surface area (Å²) >= 11 is 0. The van der Waals surface area contributed by atoms with Crippen LogP contribution in [0.2, 0.25) is 0 Å². The molecule has 0 radical (unpaired) electrons. The van der Waals surface area contributed by atoms with Crippen LogP contribution in [0.25, 0.3) is 0 Å². The average molecular weight is 329 g/mol. The molecule has 2 atom stereocenters. The molecular formula is C19H27N3O2. The lowest BCUT2D eigenvalue weighted by atomic mass is 9.89. The molecule has 1 saturated heterocycles. The number of rotatable bonds is 6. The van der Waals surface area contributed by atoms with E-state index in [0.29, 0.717) is 29.7 Å². The van der Waals surface area contributed by atoms with Crippen LogP contribution in [-0.2, 0) is 11.3 Å². The fourth-order valence-corrected chi connectivity index (χ4v) is 3.37. The molecule has 130 valence electrons. The van der Waals surface area contributed by atoms with Crippen molar-refractivity contribution in [1.29, 1.82) is 5.26 Å². The molecule has 1 aromatic rings. The van der Waals surface area contributed by atoms with Crippen molar-refractivity contribution in [3.63, 3.8) is 0 Å². The number of benzene rings is 1. The van der Waals surface area contributed by atoms with Crippen LogP contribution in [0.1, 0.15) is 44.2 Å². The SMILES string of the molecule is CCC(=O)N1CCC(NCc2ccc(OC)c(C#N)c2)C(CC)C1. The smallest absolute Gasteiger partial charge is 0.222 e. The first-order valence-electron chi connectivity index (χ1n) is 8.71. The first-order valence-corrected chi connectivity index (χ1v) is 8.71. The summed E-state index contributed by atoms with van der Waals surface area (Å²) in [6.45, 7) is 6.49. The van der Waals surface area contributed by atoms with E-state index in [4.69, 9.17) is 4.74 Å². The number of nitriles is 1. The molecule has 1 aliphatic heterocycles. The minimum atomic E-state index is 0.251. The number of amides is 1. The standard InChI is InChI=1S/C19H27N3O2/c1-4-15-13-22(19(23)5-2)9-8-17(15)21-12-14-6-7-18(24-3)16(10-14)11-20/h6-7,10,15,17,21H,4-5,8-9,12-13H2,1-3H3. The van der Waals surface area contributed by atoms with Crippen LogP contribution < -0.4 is 10.1 Å². The number of ether oxygens (including phenoxy) is 1. The maximum absolute atomic E-state index is 11.9. The number of hydrogen-bond acceptors (Lipinski definition) is 4. The molecule has 1 N–H and O–H groups in total. The van der Waals surface area contributed by atoms with Crippen LogP contribution in [0.5, 0.6) is 5.75 Å². The van der Waals surface area contributed by atoms with Crippen molar-refractivity contribution in [3.8, 4) is 11.8 Å². The molecule has 0 bridgehead atoms. The van der Waals surface area contributed by atoms with Crippen LogP contribution in [0.3, 0.4) is 0 Å². The molecular weight excluding hydrogens is 302 g/mol. The summed E-state index contributed by atoms with van der Waals surface area (Å²) in [7, 11) is 1.57. The lowest BCUT2D eigenvalue weighted by Gasteiger charge is -2.38. The lowest BCUT2D eigenvalue weighted by Crippen LogP contribution is -2.50. The molecule has 0 saturated carbocycles. The van der Waals surface area contributed by atoms with E-state index < -0.39 is 0 Å². The Bertz CT molecular complexity index is 609. The molecule has 0 spiro atoms. The summed E-state index contributed by atoms with van der Waals surface area (Å²) in [5.41, 5.74) is 1.64. The number of hydrogen-bond donors (Lipinski definition) is 1. The molecule has 5 nitrogen and oxygen atoms in total. The van der Waals surface area contributed by atoms with Gasteiger partial charge < -0.3 is 15.0 Å². The minimum Gasteiger partial charge on any atom is -0.495 e. The van der Waals surface area contributed by atoms with E-state index in [9.17, 15) is 10.1 Å². The van der Waals surface area contributed by atoms with Crippen LogP contribution >= 0.6 is 0 Å². The van der Waals surface area contributed by atoms with Gasteiger partial charge in [0.2, 0.25) is 5.91 Å². The van der Waals surface area contributed by atoms with Gasteiger partial charge in [-0.15, -0.1) is 0 Å². The van der Waals surface area contributed by atoms with E-state index in [2.05, 4.69) is 18.3 Å². The van der Waals surface area contributed by atoms with E-state index in [1.54, 1.807) is 7.11 Å². The van der Waals surface area contributed by atoms with Crippen LogP contribution in [-0.4, -0.2) is 37.0 Å². The number of likely N-dealkylation sites (tertiary alicyclic amines) is 1. The Morgan fingerprint density at radius 1 is 1.46 bits per heavy atom. The van der Waals surface area contributed by atoms with E-state index in [-0.39, 0.29) is 5.91 Å². The van der Waals surface area contributed by atoms with Crippen LogP contribution in [0.15, 0.2) is 18.2 Å². The summed E-state index contributed by atoms with van der Waals surface area (Å²) in [6.07, 6.45) is 2.61. The second-order valence-corrected chi connectivity index (χ2v) is 6.28. The number of nitrogens with one attached hydrogen (secondary N) is 1. The maximum atomic E-state index is 11.9. The first-order chi connectivity index (χ1) is 11.6. The molecule has 0 aliphatic carbocycles. The highest BCUT2D eigenvalue weighted by Gasteiger charge is 2.29. The van der Waals surface area contributed by atoms with E-state index in [0.717, 1.165) is 38.0 Å². The number of nitrogens with zero attached hydrogens (tertiary/aromatic N) is 2. The molecule has 5 heteroatoms. The Morgan fingerprint density at radius 3 is 2.88 bits per heavy atom. The Labute approximate surface area is 144 Å². The third-order valence-electron chi connectivity index (χ3n) is 4.87. The van der Waals surface area contributed by atoms with E-state index in [1.807, 2.05) is 30.0 Å². The van der Waals surface area contributed by atoms with Gasteiger partial charge in [0.1, 0.15) is 11.8 Å². The number of piperidine rings is 1. The second-order valence-electron chi connectivity index (χ2n) is 6.28. The van der Waals surface area contributed by atoms with Gasteiger partial charge in [0.15, 0.2) is 0 Å². The third-order valence-corrected chi connectivity index (χ3v) is 4.87. The zero-order valence-corrected chi connectivity index (χ0v) is 14.8. The van der Waals surface area contributed by atoms with Crippen LogP contribution in [0.4, 0.5) is 0 Å². The summed E-state index contributed by atoms with van der Waals surface area (Å²) in [4.78, 5) is 13.9. The molecule has 2 rings (SSSR count). The first kappa shape index (κ1) is 18.3. The number of carbonyl (C=O) groups excluding carboxylic acids is 1. The van der Waals surface area contributed by atoms with Crippen molar-refractivity contribution in [2.45, 2.75) is 45.7 Å². The molecule has 1 heterocycles. The van der Waals surface area contributed by atoms with Crippen molar-refractivity contribution < 1.29 is 9.53 Å². The van der Waals surface area contributed by atoms with Gasteiger partial charge in [0.25, 0.3) is 0 Å². The average Bonchev–Trinajstić information content (AvgIpc) is 2.65. The summed E-state index contributed by atoms with van der Waals surface area (Å²) in [6, 6.07) is 8.29. The van der Waals surface area contributed by atoms with E-state index >= 15 is 0 Å². The van der Waals surface area contributed by atoms with Crippen molar-refractivity contribution >= 4 is 5.91 Å². The zero-order chi connectivity index (χ0) is 17.5. The highest BCUT2D eigenvalue weighted by Crippen LogP contribution is 2.22. The van der Waals surface area contributed by atoms with Gasteiger partial charge in [0, 0.05) is 32.1 Å². The summed E-state index contributed by atoms with van der Waals surface area (Å²) < 4.78 is 5.18. The van der Waals surface area contributed by atoms with Crippen LogP contribution in [0, 0.1) is 17.2 Å². The topological polar surface area (TPSA) is 65.4 Å². The Hall–Kier alpha value is -2.06. The quantitative estimate of drug-likeness (QED) is 0.871. The Kier molecular flexibility index (Phi) is 6.62. The number of methoxy groups -OCH3 is 1. The van der Waals surface area contributed by atoms with Gasteiger partial charge in [-0.1, -0.05) is 26.3 Å². The summed E-state index contributed by atoms with van der Waals surface area (Å²) in [5.74, 6) is 1.34. The monoisotopic (exact) mass is 329 g/mol. The van der Waals surface area contributed by atoms with Crippen molar-refractivity contribution in [2.75, 3.05) is 20.2 Å². The van der Waals surface area contributed by atoms with Crippen molar-refractivity contribution in [2.24, 2.45) is 5.92 Å². The van der Waals surface area contributed by atoms with Gasteiger partial charge in [-0.25, -0.2) is 0 Å². The second kappa shape index (κ2) is 8.70. The number of carbonyl (C=O) groups is 1. The highest BCUT2D eigenvalue weighted by molar-refractivity contribution is 5.75.